The topological polar surface area (TPSA) is 35.5 Å². The maximum Gasteiger partial charge on any atom is 0.0679 e. The van der Waals surface area contributed by atoms with E-state index in [0.29, 0.717) is 6.04 Å². The normalized spacial score (nSPS) is 37.8. The summed E-state index contributed by atoms with van der Waals surface area (Å²) in [5, 5.41) is 12.8. The Morgan fingerprint density at radius 3 is 2.92 bits per heavy atom. The fourth-order valence-electron chi connectivity index (χ4n) is 2.20. The van der Waals surface area contributed by atoms with Crippen molar-refractivity contribution in [2.24, 2.45) is 0 Å². The van der Waals surface area contributed by atoms with Crippen LogP contribution in [0.5, 0.6) is 0 Å². The van der Waals surface area contributed by atoms with E-state index in [1.807, 2.05) is 0 Å². The molecule has 0 radical (unpaired) electrons. The monoisotopic (exact) mass is 170 g/mol. The first-order valence-corrected chi connectivity index (χ1v) is 4.98. The van der Waals surface area contributed by atoms with Crippen LogP contribution in [0.4, 0.5) is 0 Å². The van der Waals surface area contributed by atoms with Crippen molar-refractivity contribution in [1.29, 1.82) is 0 Å². The quantitative estimate of drug-likeness (QED) is 0.603. The van der Waals surface area contributed by atoms with Gasteiger partial charge >= 0.3 is 0 Å². The SMILES string of the molecule is O[C@@H]1CCN(C[C@@H]2CCCN2)C1. The minimum Gasteiger partial charge on any atom is -0.392 e. The van der Waals surface area contributed by atoms with E-state index >= 15 is 0 Å². The number of likely N-dealkylation sites (tertiary alicyclic amines) is 1. The van der Waals surface area contributed by atoms with Crippen molar-refractivity contribution in [1.82, 2.24) is 10.2 Å². The molecule has 2 rings (SSSR count). The van der Waals surface area contributed by atoms with E-state index in [1.165, 1.54) is 19.4 Å². The third-order valence-electron chi connectivity index (χ3n) is 2.89. The second-order valence-corrected chi connectivity index (χ2v) is 4.00. The van der Waals surface area contributed by atoms with Crippen molar-refractivity contribution in [3.05, 3.63) is 0 Å². The Balaban J connectivity index is 1.72. The summed E-state index contributed by atoms with van der Waals surface area (Å²) in [7, 11) is 0. The van der Waals surface area contributed by atoms with Crippen LogP contribution in [0, 0.1) is 0 Å². The van der Waals surface area contributed by atoms with Gasteiger partial charge in [0.05, 0.1) is 6.10 Å². The molecule has 0 saturated carbocycles. The molecule has 0 spiro atoms. The van der Waals surface area contributed by atoms with Gasteiger partial charge in [-0.1, -0.05) is 0 Å². The number of hydrogen-bond donors (Lipinski definition) is 2. The molecule has 2 N–H and O–H groups in total. The number of rotatable bonds is 2. The summed E-state index contributed by atoms with van der Waals surface area (Å²) < 4.78 is 0. The maximum atomic E-state index is 9.31. The lowest BCUT2D eigenvalue weighted by Gasteiger charge is -2.19. The van der Waals surface area contributed by atoms with Crippen molar-refractivity contribution >= 4 is 0 Å². The number of β-amino-alcohol motifs (C(OH)–C–C–N with tert-alkyl or cyclic N) is 1. The van der Waals surface area contributed by atoms with Crippen LogP contribution in [-0.2, 0) is 0 Å². The molecule has 0 aromatic carbocycles. The summed E-state index contributed by atoms with van der Waals surface area (Å²) in [5.41, 5.74) is 0. The summed E-state index contributed by atoms with van der Waals surface area (Å²) in [6.07, 6.45) is 3.53. The standard InChI is InChI=1S/C9H18N2O/c12-9-3-5-11(7-9)6-8-2-1-4-10-8/h8-10,12H,1-7H2/t8-,9+/m0/s1. The van der Waals surface area contributed by atoms with Gasteiger partial charge in [-0.25, -0.2) is 0 Å². The molecule has 70 valence electrons. The Kier molecular flexibility index (Phi) is 2.63. The molecule has 3 nitrogen and oxygen atoms in total. The highest BCUT2D eigenvalue weighted by atomic mass is 16.3. The third-order valence-corrected chi connectivity index (χ3v) is 2.89. The summed E-state index contributed by atoms with van der Waals surface area (Å²) in [4.78, 5) is 2.37. The highest BCUT2D eigenvalue weighted by Crippen LogP contribution is 2.12. The van der Waals surface area contributed by atoms with Gasteiger partial charge < -0.3 is 10.4 Å². The Morgan fingerprint density at radius 1 is 1.42 bits per heavy atom. The molecule has 2 heterocycles. The molecule has 0 aliphatic carbocycles. The summed E-state index contributed by atoms with van der Waals surface area (Å²) in [6, 6.07) is 0.690. The first-order chi connectivity index (χ1) is 5.84. The zero-order valence-electron chi connectivity index (χ0n) is 7.50. The third kappa shape index (κ3) is 1.97. The molecule has 0 aromatic rings. The lowest BCUT2D eigenvalue weighted by atomic mass is 10.2. The second-order valence-electron chi connectivity index (χ2n) is 4.00. The van der Waals surface area contributed by atoms with E-state index in [-0.39, 0.29) is 6.10 Å². The van der Waals surface area contributed by atoms with Gasteiger partial charge in [0.2, 0.25) is 0 Å². The van der Waals surface area contributed by atoms with Crippen LogP contribution in [-0.4, -0.2) is 48.3 Å². The predicted octanol–water partition coefficient (Wildman–Crippen LogP) is -0.195. The summed E-state index contributed by atoms with van der Waals surface area (Å²) in [5.74, 6) is 0. The fourth-order valence-corrected chi connectivity index (χ4v) is 2.20. The van der Waals surface area contributed by atoms with Crippen molar-refractivity contribution in [2.75, 3.05) is 26.2 Å². The van der Waals surface area contributed by atoms with Crippen LogP contribution in [0.2, 0.25) is 0 Å². The Bertz CT molecular complexity index is 145. The smallest absolute Gasteiger partial charge is 0.0679 e. The maximum absolute atomic E-state index is 9.31. The van der Waals surface area contributed by atoms with Crippen LogP contribution >= 0.6 is 0 Å². The van der Waals surface area contributed by atoms with Crippen molar-refractivity contribution < 1.29 is 5.11 Å². The van der Waals surface area contributed by atoms with Crippen molar-refractivity contribution in [3.8, 4) is 0 Å². The van der Waals surface area contributed by atoms with E-state index in [0.717, 1.165) is 26.1 Å². The zero-order chi connectivity index (χ0) is 8.39. The molecule has 0 bridgehead atoms. The zero-order valence-corrected chi connectivity index (χ0v) is 7.50. The van der Waals surface area contributed by atoms with Crippen LogP contribution in [0.15, 0.2) is 0 Å². The van der Waals surface area contributed by atoms with Gasteiger partial charge in [0.1, 0.15) is 0 Å². The summed E-state index contributed by atoms with van der Waals surface area (Å²) in [6.45, 7) is 4.29. The van der Waals surface area contributed by atoms with Crippen LogP contribution in [0.1, 0.15) is 19.3 Å². The molecule has 0 unspecified atom stereocenters. The molecule has 2 fully saturated rings. The number of nitrogens with one attached hydrogen (secondary N) is 1. The van der Waals surface area contributed by atoms with Gasteiger partial charge in [-0.15, -0.1) is 0 Å². The van der Waals surface area contributed by atoms with E-state index in [9.17, 15) is 5.11 Å². The van der Waals surface area contributed by atoms with Gasteiger partial charge in [0, 0.05) is 25.7 Å². The number of nitrogens with zero attached hydrogens (tertiary/aromatic N) is 1. The van der Waals surface area contributed by atoms with Crippen LogP contribution in [0.25, 0.3) is 0 Å². The minimum absolute atomic E-state index is 0.0635. The molecular formula is C9H18N2O. The second kappa shape index (κ2) is 3.73. The molecule has 2 saturated heterocycles. The lowest BCUT2D eigenvalue weighted by Crippen LogP contribution is -2.36. The van der Waals surface area contributed by atoms with Crippen molar-refractivity contribution in [2.45, 2.75) is 31.4 Å². The first kappa shape index (κ1) is 8.48. The Labute approximate surface area is 73.8 Å². The number of aliphatic hydroxyl groups is 1. The molecule has 12 heavy (non-hydrogen) atoms. The van der Waals surface area contributed by atoms with Gasteiger partial charge in [0.25, 0.3) is 0 Å². The number of aliphatic hydroxyl groups excluding tert-OH is 1. The average molecular weight is 170 g/mol. The Morgan fingerprint density at radius 2 is 2.33 bits per heavy atom. The Hall–Kier alpha value is -0.120. The lowest BCUT2D eigenvalue weighted by molar-refractivity contribution is 0.173. The van der Waals surface area contributed by atoms with E-state index in [2.05, 4.69) is 10.2 Å². The van der Waals surface area contributed by atoms with Gasteiger partial charge in [-0.3, -0.25) is 4.90 Å². The molecule has 0 aromatic heterocycles. The highest BCUT2D eigenvalue weighted by molar-refractivity contribution is 4.82. The van der Waals surface area contributed by atoms with E-state index < -0.39 is 0 Å². The molecule has 3 heteroatoms. The molecule has 2 aliphatic rings. The van der Waals surface area contributed by atoms with Crippen LogP contribution in [0.3, 0.4) is 0 Å². The van der Waals surface area contributed by atoms with Gasteiger partial charge in [-0.2, -0.15) is 0 Å². The van der Waals surface area contributed by atoms with Gasteiger partial charge in [0.15, 0.2) is 0 Å². The molecule has 2 aliphatic heterocycles. The van der Waals surface area contributed by atoms with Crippen LogP contribution < -0.4 is 5.32 Å². The van der Waals surface area contributed by atoms with Gasteiger partial charge in [-0.05, 0) is 25.8 Å². The first-order valence-electron chi connectivity index (χ1n) is 4.98. The van der Waals surface area contributed by atoms with E-state index in [4.69, 9.17) is 0 Å². The largest absolute Gasteiger partial charge is 0.392 e. The fraction of sp³-hybridized carbons (Fsp3) is 1.00. The molecule has 2 atom stereocenters. The minimum atomic E-state index is -0.0635. The highest BCUT2D eigenvalue weighted by Gasteiger charge is 2.23. The molecular weight excluding hydrogens is 152 g/mol. The van der Waals surface area contributed by atoms with Crippen molar-refractivity contribution in [3.63, 3.8) is 0 Å². The number of hydrogen-bond acceptors (Lipinski definition) is 3. The van der Waals surface area contributed by atoms with E-state index in [1.54, 1.807) is 0 Å². The summed E-state index contributed by atoms with van der Waals surface area (Å²) >= 11 is 0. The molecule has 0 amide bonds. The average Bonchev–Trinajstić information content (AvgIpc) is 2.63. The predicted molar refractivity (Wildman–Crippen MR) is 48.1 cm³/mol.